The second kappa shape index (κ2) is 13.0. The lowest BCUT2D eigenvalue weighted by Gasteiger charge is -2.14. The number of rotatable bonds is 9. The van der Waals surface area contributed by atoms with Crippen LogP contribution in [-0.2, 0) is 6.61 Å². The Balaban J connectivity index is 1.50. The van der Waals surface area contributed by atoms with Crippen LogP contribution in [0.25, 0.3) is 22.5 Å². The highest BCUT2D eigenvalue weighted by molar-refractivity contribution is 14.1. The van der Waals surface area contributed by atoms with E-state index in [4.69, 9.17) is 13.9 Å². The van der Waals surface area contributed by atoms with Crippen molar-refractivity contribution in [3.63, 3.8) is 0 Å². The lowest BCUT2D eigenvalue weighted by atomic mass is 9.98. The topological polar surface area (TPSA) is 67.8 Å². The molecule has 0 aliphatic heterocycles. The summed E-state index contributed by atoms with van der Waals surface area (Å²) in [5, 5.41) is 10.2. The fraction of sp³-hybridized carbons (Fsp3) is 0.0909. The summed E-state index contributed by atoms with van der Waals surface area (Å²) in [6.07, 6.45) is 1.69. The van der Waals surface area contributed by atoms with Crippen LogP contribution in [-0.4, -0.2) is 12.8 Å². The largest absolute Gasteiger partial charge is 0.490 e. The van der Waals surface area contributed by atoms with Gasteiger partial charge in [-0.15, -0.1) is 0 Å². The highest BCUT2D eigenvalue weighted by Crippen LogP contribution is 2.42. The first-order valence-electron chi connectivity index (χ1n) is 12.6. The molecule has 5 rings (SSSR count). The third kappa shape index (κ3) is 6.30. The van der Waals surface area contributed by atoms with E-state index in [9.17, 15) is 5.26 Å². The van der Waals surface area contributed by atoms with Gasteiger partial charge in [-0.2, -0.15) is 5.26 Å². The molecule has 4 aromatic carbocycles. The molecule has 1 heterocycles. The summed E-state index contributed by atoms with van der Waals surface area (Å²) in [5.41, 5.74) is 4.73. The molecule has 0 fully saturated rings. The molecule has 0 aliphatic carbocycles. The quantitative estimate of drug-likeness (QED) is 0.113. The Morgan fingerprint density at radius 2 is 1.60 bits per heavy atom. The van der Waals surface area contributed by atoms with E-state index in [1.54, 1.807) is 6.21 Å². The highest BCUT2D eigenvalue weighted by Gasteiger charge is 2.22. The number of furan rings is 1. The average Bonchev–Trinajstić information content (AvgIpc) is 3.36. The zero-order valence-electron chi connectivity index (χ0n) is 21.6. The van der Waals surface area contributed by atoms with E-state index in [1.807, 2.05) is 104 Å². The predicted molar refractivity (Wildman–Crippen MR) is 170 cm³/mol. The van der Waals surface area contributed by atoms with Gasteiger partial charge in [0.25, 0.3) is 0 Å². The maximum Gasteiger partial charge on any atom is 0.238 e. The summed E-state index contributed by atoms with van der Waals surface area (Å²) < 4.78 is 20.2. The molecular formula is C33H24BrIN2O3. The van der Waals surface area contributed by atoms with Gasteiger partial charge in [-0.3, -0.25) is 0 Å². The maximum atomic E-state index is 10.2. The van der Waals surface area contributed by atoms with Gasteiger partial charge >= 0.3 is 0 Å². The Morgan fingerprint density at radius 3 is 2.25 bits per heavy atom. The highest BCUT2D eigenvalue weighted by atomic mass is 127. The van der Waals surface area contributed by atoms with E-state index in [-0.39, 0.29) is 5.88 Å². The van der Waals surface area contributed by atoms with Gasteiger partial charge in [0.15, 0.2) is 11.5 Å². The van der Waals surface area contributed by atoms with Crippen LogP contribution >= 0.6 is 38.5 Å². The van der Waals surface area contributed by atoms with Gasteiger partial charge in [-0.25, -0.2) is 4.99 Å². The molecule has 0 spiro atoms. The van der Waals surface area contributed by atoms with Crippen LogP contribution in [0, 0.1) is 14.9 Å². The Hall–Kier alpha value is -3.87. The van der Waals surface area contributed by atoms with E-state index < -0.39 is 0 Å². The van der Waals surface area contributed by atoms with Crippen LogP contribution in [0.4, 0.5) is 5.88 Å². The van der Waals surface area contributed by atoms with Crippen molar-refractivity contribution in [2.45, 2.75) is 13.5 Å². The zero-order chi connectivity index (χ0) is 27.9. The summed E-state index contributed by atoms with van der Waals surface area (Å²) in [6.45, 7) is 2.84. The summed E-state index contributed by atoms with van der Waals surface area (Å²) in [5.74, 6) is 2.17. The molecule has 0 atom stereocenters. The standard InChI is InChI=1S/C33H24BrIN2O3/c1-2-38-29-18-23(17-28(35)32(29)39-21-22-13-15-26(34)16-14-22)20-37-33-27(19-36)30(24-9-5-3-6-10-24)31(40-33)25-11-7-4-8-12-25/h3-18,20H,2,21H2,1H3. The van der Waals surface area contributed by atoms with Gasteiger partial charge in [0, 0.05) is 21.8 Å². The molecule has 7 heteroatoms. The molecule has 0 bridgehead atoms. The number of hydrogen-bond donors (Lipinski definition) is 0. The molecule has 0 saturated carbocycles. The molecule has 0 unspecified atom stereocenters. The summed E-state index contributed by atoms with van der Waals surface area (Å²) in [6, 6.07) is 33.7. The number of nitriles is 1. The molecule has 5 aromatic rings. The average molecular weight is 703 g/mol. The molecule has 1 aromatic heterocycles. The third-order valence-corrected chi connectivity index (χ3v) is 7.39. The normalized spacial score (nSPS) is 10.9. The molecular weight excluding hydrogens is 679 g/mol. The minimum atomic E-state index is 0.253. The Morgan fingerprint density at radius 1 is 0.925 bits per heavy atom. The second-order valence-electron chi connectivity index (χ2n) is 8.77. The maximum absolute atomic E-state index is 10.2. The summed E-state index contributed by atoms with van der Waals surface area (Å²) >= 11 is 5.71. The Kier molecular flexibility index (Phi) is 8.99. The van der Waals surface area contributed by atoms with Crippen molar-refractivity contribution in [3.8, 4) is 40.0 Å². The van der Waals surface area contributed by atoms with Crippen LogP contribution in [0.5, 0.6) is 11.5 Å². The molecule has 0 N–H and O–H groups in total. The van der Waals surface area contributed by atoms with Crippen LogP contribution in [0.1, 0.15) is 23.6 Å². The third-order valence-electron chi connectivity index (χ3n) is 6.06. The van der Waals surface area contributed by atoms with E-state index in [0.717, 1.165) is 35.9 Å². The predicted octanol–water partition coefficient (Wildman–Crippen LogP) is 9.58. The lowest BCUT2D eigenvalue weighted by molar-refractivity contribution is 0.267. The van der Waals surface area contributed by atoms with Crippen LogP contribution in [0.15, 0.2) is 111 Å². The SMILES string of the molecule is CCOc1cc(C=Nc2oc(-c3ccccc3)c(-c3ccccc3)c2C#N)cc(I)c1OCc1ccc(Br)cc1. The van der Waals surface area contributed by atoms with Crippen molar-refractivity contribution >= 4 is 50.6 Å². The number of aliphatic imine (C=N–C) groups is 1. The van der Waals surface area contributed by atoms with Gasteiger partial charge < -0.3 is 13.9 Å². The van der Waals surface area contributed by atoms with Crippen LogP contribution < -0.4 is 9.47 Å². The molecule has 0 saturated heterocycles. The molecule has 198 valence electrons. The van der Waals surface area contributed by atoms with Gasteiger partial charge in [0.05, 0.1) is 10.2 Å². The van der Waals surface area contributed by atoms with Crippen LogP contribution in [0.3, 0.4) is 0 Å². The Labute approximate surface area is 255 Å². The van der Waals surface area contributed by atoms with Gasteiger partial charge in [0.1, 0.15) is 24.0 Å². The first-order valence-corrected chi connectivity index (χ1v) is 14.5. The number of hydrogen-bond acceptors (Lipinski definition) is 5. The molecule has 5 nitrogen and oxygen atoms in total. The van der Waals surface area contributed by atoms with Crippen molar-refractivity contribution < 1.29 is 13.9 Å². The fourth-order valence-electron chi connectivity index (χ4n) is 4.22. The smallest absolute Gasteiger partial charge is 0.238 e. The second-order valence-corrected chi connectivity index (χ2v) is 10.8. The summed E-state index contributed by atoms with van der Waals surface area (Å²) in [7, 11) is 0. The zero-order valence-corrected chi connectivity index (χ0v) is 25.3. The molecule has 0 radical (unpaired) electrons. The minimum absolute atomic E-state index is 0.253. The van der Waals surface area contributed by atoms with E-state index >= 15 is 0 Å². The van der Waals surface area contributed by atoms with E-state index in [0.29, 0.717) is 36.0 Å². The van der Waals surface area contributed by atoms with Gasteiger partial charge in [-0.1, -0.05) is 88.7 Å². The Bertz CT molecular complexity index is 1680. The van der Waals surface area contributed by atoms with E-state index in [1.165, 1.54) is 0 Å². The first kappa shape index (κ1) is 27.7. The van der Waals surface area contributed by atoms with Crippen molar-refractivity contribution in [2.24, 2.45) is 4.99 Å². The van der Waals surface area contributed by atoms with Gasteiger partial charge in [-0.05, 0) is 70.5 Å². The minimum Gasteiger partial charge on any atom is -0.490 e. The monoisotopic (exact) mass is 702 g/mol. The van der Waals surface area contributed by atoms with E-state index in [2.05, 4.69) is 49.6 Å². The fourth-order valence-corrected chi connectivity index (χ4v) is 5.27. The van der Waals surface area contributed by atoms with Crippen LogP contribution in [0.2, 0.25) is 0 Å². The van der Waals surface area contributed by atoms with Crippen molar-refractivity contribution in [3.05, 3.63) is 122 Å². The number of nitrogens with zero attached hydrogens (tertiary/aromatic N) is 2. The number of benzene rings is 4. The molecule has 40 heavy (non-hydrogen) atoms. The first-order chi connectivity index (χ1) is 19.6. The van der Waals surface area contributed by atoms with Crippen molar-refractivity contribution in [1.82, 2.24) is 0 Å². The number of halogens is 2. The van der Waals surface area contributed by atoms with Crippen molar-refractivity contribution in [2.75, 3.05) is 6.61 Å². The van der Waals surface area contributed by atoms with Gasteiger partial charge in [0.2, 0.25) is 5.88 Å². The molecule has 0 aliphatic rings. The number of ether oxygens (including phenoxy) is 2. The van der Waals surface area contributed by atoms with Crippen molar-refractivity contribution in [1.29, 1.82) is 5.26 Å². The summed E-state index contributed by atoms with van der Waals surface area (Å²) in [4.78, 5) is 4.64. The lowest BCUT2D eigenvalue weighted by Crippen LogP contribution is -2.02. The molecule has 0 amide bonds.